The fourth-order valence-corrected chi connectivity index (χ4v) is 1.88. The van der Waals surface area contributed by atoms with Crippen molar-refractivity contribution < 1.29 is 19.4 Å². The van der Waals surface area contributed by atoms with Gasteiger partial charge in [-0.25, -0.2) is 9.78 Å². The molecular weight excluding hydrogens is 248 g/mol. The molecule has 0 aliphatic rings. The second-order valence-electron chi connectivity index (χ2n) is 4.13. The van der Waals surface area contributed by atoms with Gasteiger partial charge in [0.15, 0.2) is 0 Å². The molecule has 0 aliphatic heterocycles. The van der Waals surface area contributed by atoms with Gasteiger partial charge in [0, 0.05) is 18.8 Å². The van der Waals surface area contributed by atoms with Crippen molar-refractivity contribution in [1.82, 2.24) is 4.98 Å². The molecule has 0 radical (unpaired) electrons. The Hall–Kier alpha value is -2.11. The minimum atomic E-state index is -0.866. The number of carbonyl (C=O) groups excluding carboxylic acids is 1. The third-order valence-electron chi connectivity index (χ3n) is 2.80. The number of esters is 1. The lowest BCUT2D eigenvalue weighted by molar-refractivity contribution is -0.137. The Morgan fingerprint density at radius 1 is 1.53 bits per heavy atom. The summed E-state index contributed by atoms with van der Waals surface area (Å²) in [6, 6.07) is 2.96. The molecule has 1 N–H and O–H groups in total. The molecule has 0 saturated carbocycles. The van der Waals surface area contributed by atoms with E-state index in [1.54, 1.807) is 12.1 Å². The first-order valence-electron chi connectivity index (χ1n) is 6.02. The molecule has 1 atom stereocenters. The van der Waals surface area contributed by atoms with Gasteiger partial charge in [-0.2, -0.15) is 0 Å². The maximum absolute atomic E-state index is 11.5. The summed E-state index contributed by atoms with van der Waals surface area (Å²) in [5, 5.41) is 8.83. The van der Waals surface area contributed by atoms with Crippen LogP contribution in [0.2, 0.25) is 0 Å². The van der Waals surface area contributed by atoms with Crippen LogP contribution in [0.1, 0.15) is 30.6 Å². The molecule has 0 spiro atoms. The molecule has 1 unspecified atom stereocenters. The van der Waals surface area contributed by atoms with Crippen LogP contribution in [0.25, 0.3) is 0 Å². The molecular formula is C13H18N2O4. The van der Waals surface area contributed by atoms with Crippen LogP contribution < -0.4 is 4.90 Å². The Bertz CT molecular complexity index is 462. The summed E-state index contributed by atoms with van der Waals surface area (Å²) in [7, 11) is 1.31. The Kier molecular flexibility index (Phi) is 5.29. The molecule has 1 heterocycles. The van der Waals surface area contributed by atoms with Crippen LogP contribution in [0.15, 0.2) is 18.3 Å². The Morgan fingerprint density at radius 2 is 2.21 bits per heavy atom. The van der Waals surface area contributed by atoms with Crippen molar-refractivity contribution in [3.8, 4) is 0 Å². The lowest BCUT2D eigenvalue weighted by atomic mass is 10.2. The Morgan fingerprint density at radius 3 is 2.74 bits per heavy atom. The maximum atomic E-state index is 11.5. The number of aliphatic carboxylic acids is 1. The summed E-state index contributed by atoms with van der Waals surface area (Å²) >= 11 is 0. The topological polar surface area (TPSA) is 79.7 Å². The summed E-state index contributed by atoms with van der Waals surface area (Å²) in [4.78, 5) is 28.2. The van der Waals surface area contributed by atoms with E-state index in [1.807, 2.05) is 18.7 Å². The van der Waals surface area contributed by atoms with Gasteiger partial charge in [0.25, 0.3) is 0 Å². The first-order valence-corrected chi connectivity index (χ1v) is 6.02. The van der Waals surface area contributed by atoms with Crippen LogP contribution in [-0.2, 0) is 9.53 Å². The maximum Gasteiger partial charge on any atom is 0.338 e. The minimum absolute atomic E-state index is 0.0119. The highest BCUT2D eigenvalue weighted by molar-refractivity contribution is 5.90. The second kappa shape index (κ2) is 6.72. The van der Waals surface area contributed by atoms with Crippen molar-refractivity contribution in [3.63, 3.8) is 0 Å². The van der Waals surface area contributed by atoms with Gasteiger partial charge in [-0.3, -0.25) is 4.79 Å². The normalized spacial score (nSPS) is 11.7. The molecule has 19 heavy (non-hydrogen) atoms. The highest BCUT2D eigenvalue weighted by Crippen LogP contribution is 2.17. The van der Waals surface area contributed by atoms with E-state index in [2.05, 4.69) is 9.72 Å². The molecule has 0 saturated heterocycles. The summed E-state index contributed by atoms with van der Waals surface area (Å²) < 4.78 is 4.65. The van der Waals surface area contributed by atoms with E-state index >= 15 is 0 Å². The molecule has 0 amide bonds. The molecule has 6 heteroatoms. The van der Waals surface area contributed by atoms with Gasteiger partial charge in [0.1, 0.15) is 5.82 Å². The van der Waals surface area contributed by atoms with E-state index < -0.39 is 11.9 Å². The van der Waals surface area contributed by atoms with Crippen molar-refractivity contribution in [2.45, 2.75) is 26.3 Å². The highest BCUT2D eigenvalue weighted by atomic mass is 16.5. The van der Waals surface area contributed by atoms with Crippen LogP contribution in [0.3, 0.4) is 0 Å². The largest absolute Gasteiger partial charge is 0.481 e. The van der Waals surface area contributed by atoms with E-state index in [1.165, 1.54) is 13.3 Å². The van der Waals surface area contributed by atoms with E-state index in [9.17, 15) is 9.59 Å². The summed E-state index contributed by atoms with van der Waals surface area (Å²) in [5.74, 6) is -0.736. The summed E-state index contributed by atoms with van der Waals surface area (Å²) in [6.45, 7) is 4.32. The van der Waals surface area contributed by atoms with Gasteiger partial charge >= 0.3 is 11.9 Å². The molecule has 104 valence electrons. The number of carboxylic acid groups (broad SMARTS) is 1. The number of carbonyl (C=O) groups is 2. The van der Waals surface area contributed by atoms with Gasteiger partial charge in [0.2, 0.25) is 0 Å². The summed E-state index contributed by atoms with van der Waals surface area (Å²) in [5.41, 5.74) is 0.397. The van der Waals surface area contributed by atoms with E-state index in [0.717, 1.165) is 0 Å². The van der Waals surface area contributed by atoms with Crippen LogP contribution in [0.5, 0.6) is 0 Å². The van der Waals surface area contributed by atoms with Gasteiger partial charge in [0.05, 0.1) is 19.1 Å². The smallest absolute Gasteiger partial charge is 0.338 e. The first-order chi connectivity index (χ1) is 8.99. The van der Waals surface area contributed by atoms with Crippen molar-refractivity contribution in [3.05, 3.63) is 23.9 Å². The van der Waals surface area contributed by atoms with Crippen LogP contribution >= 0.6 is 0 Å². The number of rotatable bonds is 6. The number of nitrogens with zero attached hydrogens (tertiary/aromatic N) is 2. The number of methoxy groups -OCH3 is 1. The van der Waals surface area contributed by atoms with E-state index in [-0.39, 0.29) is 12.5 Å². The molecule has 1 aromatic rings. The number of aromatic nitrogens is 1. The monoisotopic (exact) mass is 266 g/mol. The van der Waals surface area contributed by atoms with Gasteiger partial charge in [-0.05, 0) is 26.0 Å². The summed E-state index contributed by atoms with van der Waals surface area (Å²) in [6.07, 6.45) is 1.52. The van der Waals surface area contributed by atoms with Crippen LogP contribution in [0.4, 0.5) is 5.82 Å². The van der Waals surface area contributed by atoms with Crippen molar-refractivity contribution >= 4 is 17.8 Å². The average Bonchev–Trinajstić information content (AvgIpc) is 2.38. The number of ether oxygens (including phenoxy) is 1. The number of pyridine rings is 1. The number of anilines is 1. The SMILES string of the molecule is CCN(c1cc(C(=O)OC)ccn1)C(C)CC(=O)O. The second-order valence-corrected chi connectivity index (χ2v) is 4.13. The van der Waals surface area contributed by atoms with E-state index in [0.29, 0.717) is 17.9 Å². The molecule has 0 aliphatic carbocycles. The minimum Gasteiger partial charge on any atom is -0.481 e. The van der Waals surface area contributed by atoms with Crippen molar-refractivity contribution in [2.24, 2.45) is 0 Å². The van der Waals surface area contributed by atoms with Gasteiger partial charge in [-0.15, -0.1) is 0 Å². The molecule has 1 rings (SSSR count). The lowest BCUT2D eigenvalue weighted by Crippen LogP contribution is -2.35. The number of hydrogen-bond acceptors (Lipinski definition) is 5. The zero-order chi connectivity index (χ0) is 14.4. The molecule has 0 bridgehead atoms. The molecule has 0 fully saturated rings. The predicted molar refractivity (Wildman–Crippen MR) is 70.3 cm³/mol. The quantitative estimate of drug-likeness (QED) is 0.787. The Balaban J connectivity index is 2.98. The molecule has 0 aromatic carbocycles. The standard InChI is InChI=1S/C13H18N2O4/c1-4-15(9(2)7-12(16)17)11-8-10(5-6-14-11)13(18)19-3/h5-6,8-9H,4,7H2,1-3H3,(H,16,17). The van der Waals surface area contributed by atoms with Crippen molar-refractivity contribution in [2.75, 3.05) is 18.6 Å². The predicted octanol–water partition coefficient (Wildman–Crippen LogP) is 1.56. The first kappa shape index (κ1) is 14.9. The van der Waals surface area contributed by atoms with Crippen molar-refractivity contribution in [1.29, 1.82) is 0 Å². The van der Waals surface area contributed by atoms with Crippen LogP contribution in [0, 0.1) is 0 Å². The molecule has 6 nitrogen and oxygen atoms in total. The fourth-order valence-electron chi connectivity index (χ4n) is 1.88. The zero-order valence-corrected chi connectivity index (χ0v) is 11.3. The number of hydrogen-bond donors (Lipinski definition) is 1. The Labute approximate surface area is 112 Å². The average molecular weight is 266 g/mol. The van der Waals surface area contributed by atoms with E-state index in [4.69, 9.17) is 5.11 Å². The zero-order valence-electron chi connectivity index (χ0n) is 11.3. The van der Waals surface area contributed by atoms with Gasteiger partial charge in [-0.1, -0.05) is 0 Å². The molecule has 1 aromatic heterocycles. The fraction of sp³-hybridized carbons (Fsp3) is 0.462. The van der Waals surface area contributed by atoms with Gasteiger partial charge < -0.3 is 14.7 Å². The lowest BCUT2D eigenvalue weighted by Gasteiger charge is -2.28. The highest BCUT2D eigenvalue weighted by Gasteiger charge is 2.18. The number of carboxylic acids is 1. The third-order valence-corrected chi connectivity index (χ3v) is 2.80. The third kappa shape index (κ3) is 3.94. The van der Waals surface area contributed by atoms with Crippen LogP contribution in [-0.4, -0.2) is 41.7 Å².